The number of aliphatic hydroxyl groups excluding tert-OH is 1. The number of furan rings is 1. The minimum Gasteiger partial charge on any atom is -0.503 e. The normalized spacial score (nSPS) is 15.3. The van der Waals surface area contributed by atoms with E-state index in [-0.39, 0.29) is 17.9 Å². The quantitative estimate of drug-likeness (QED) is 0.206. The molecule has 194 valence electrons. The summed E-state index contributed by atoms with van der Waals surface area (Å²) in [5.41, 5.74) is 1.04. The van der Waals surface area contributed by atoms with E-state index >= 15 is 0 Å². The summed E-state index contributed by atoms with van der Waals surface area (Å²) in [5, 5.41) is 11.3. The number of anilines is 1. The van der Waals surface area contributed by atoms with Gasteiger partial charge < -0.3 is 23.7 Å². The van der Waals surface area contributed by atoms with E-state index in [4.69, 9.17) is 18.6 Å². The number of aliphatic hydroxyl groups is 1. The molecule has 0 spiro atoms. The number of hydrogen-bond acceptors (Lipinski definition) is 9. The zero-order chi connectivity index (χ0) is 26.8. The highest BCUT2D eigenvalue weighted by Crippen LogP contribution is 2.46. The van der Waals surface area contributed by atoms with Crippen LogP contribution in [0.2, 0.25) is 0 Å². The molecule has 1 unspecified atom stereocenters. The standard InChI is InChI=1S/C28H24N2O7S/c1-4-12-36-19-11-8-16(14-21(19)35-5-2)24-23(25(31)20-7-6-13-37-20)26(32)27(33)30(24)28-29-18-10-9-17(34-3)15-22(18)38-28/h4,6-11,13-15,24,32H,1,5,12H2,2-3H3. The Bertz CT molecular complexity index is 1550. The number of hydrogen-bond donors (Lipinski definition) is 1. The van der Waals surface area contributed by atoms with Crippen molar-refractivity contribution in [2.75, 3.05) is 25.2 Å². The first-order chi connectivity index (χ1) is 18.5. The predicted octanol–water partition coefficient (Wildman–Crippen LogP) is 5.64. The number of rotatable bonds is 10. The summed E-state index contributed by atoms with van der Waals surface area (Å²) in [4.78, 5) is 33.0. The summed E-state index contributed by atoms with van der Waals surface area (Å²) < 4.78 is 22.9. The average molecular weight is 533 g/mol. The lowest BCUT2D eigenvalue weighted by atomic mass is 9.95. The summed E-state index contributed by atoms with van der Waals surface area (Å²) in [5.74, 6) is -0.491. The fourth-order valence-electron chi connectivity index (χ4n) is 4.24. The molecule has 0 radical (unpaired) electrons. The van der Waals surface area contributed by atoms with Gasteiger partial charge in [0.25, 0.3) is 5.91 Å². The summed E-state index contributed by atoms with van der Waals surface area (Å²) in [6.07, 6.45) is 2.97. The van der Waals surface area contributed by atoms with Crippen LogP contribution in [0, 0.1) is 0 Å². The molecule has 1 atom stereocenters. The van der Waals surface area contributed by atoms with Crippen LogP contribution in [-0.4, -0.2) is 42.1 Å². The number of aromatic nitrogens is 1. The van der Waals surface area contributed by atoms with Crippen LogP contribution < -0.4 is 19.1 Å². The van der Waals surface area contributed by atoms with Crippen molar-refractivity contribution in [3.63, 3.8) is 0 Å². The molecule has 0 saturated carbocycles. The van der Waals surface area contributed by atoms with Gasteiger partial charge in [-0.1, -0.05) is 30.1 Å². The molecule has 38 heavy (non-hydrogen) atoms. The Balaban J connectivity index is 1.66. The van der Waals surface area contributed by atoms with Gasteiger partial charge in [0.2, 0.25) is 5.78 Å². The zero-order valence-corrected chi connectivity index (χ0v) is 21.5. The lowest BCUT2D eigenvalue weighted by Crippen LogP contribution is -2.31. The highest BCUT2D eigenvalue weighted by atomic mass is 32.1. The van der Waals surface area contributed by atoms with Crippen LogP contribution in [0.5, 0.6) is 17.2 Å². The zero-order valence-electron chi connectivity index (χ0n) is 20.7. The van der Waals surface area contributed by atoms with E-state index in [9.17, 15) is 14.7 Å². The minimum atomic E-state index is -1.00. The topological polar surface area (TPSA) is 111 Å². The minimum absolute atomic E-state index is 0.00351. The lowest BCUT2D eigenvalue weighted by Gasteiger charge is -2.25. The Hall–Kier alpha value is -4.57. The summed E-state index contributed by atoms with van der Waals surface area (Å²) in [6.45, 7) is 6.14. The molecule has 3 heterocycles. The van der Waals surface area contributed by atoms with Crippen molar-refractivity contribution in [1.82, 2.24) is 4.98 Å². The summed E-state index contributed by atoms with van der Waals surface area (Å²) in [7, 11) is 1.57. The van der Waals surface area contributed by atoms with Gasteiger partial charge in [0, 0.05) is 0 Å². The van der Waals surface area contributed by atoms with E-state index in [2.05, 4.69) is 11.6 Å². The number of carbonyl (C=O) groups is 2. The first-order valence-corrected chi connectivity index (χ1v) is 12.6. The maximum Gasteiger partial charge on any atom is 0.296 e. The molecule has 2 aromatic heterocycles. The maximum atomic E-state index is 13.5. The van der Waals surface area contributed by atoms with Crippen LogP contribution >= 0.6 is 11.3 Å². The van der Waals surface area contributed by atoms with Gasteiger partial charge in [0.15, 0.2) is 28.1 Å². The van der Waals surface area contributed by atoms with E-state index in [1.165, 1.54) is 28.6 Å². The molecule has 9 nitrogen and oxygen atoms in total. The van der Waals surface area contributed by atoms with Gasteiger partial charge in [-0.05, 0) is 55.0 Å². The molecule has 1 N–H and O–H groups in total. The van der Waals surface area contributed by atoms with E-state index in [1.807, 2.05) is 13.0 Å². The molecule has 1 aliphatic rings. The first-order valence-electron chi connectivity index (χ1n) is 11.8. The molecule has 1 amide bonds. The van der Waals surface area contributed by atoms with Crippen LogP contribution in [0.3, 0.4) is 0 Å². The second-order valence-corrected chi connectivity index (χ2v) is 9.22. The fraction of sp³-hybridized carbons (Fsp3) is 0.179. The molecule has 1 aliphatic heterocycles. The third-order valence-electron chi connectivity index (χ3n) is 5.93. The number of nitrogens with zero attached hydrogens (tertiary/aromatic N) is 2. The third kappa shape index (κ3) is 4.39. The van der Waals surface area contributed by atoms with Crippen LogP contribution in [0.25, 0.3) is 10.2 Å². The predicted molar refractivity (Wildman–Crippen MR) is 142 cm³/mol. The summed E-state index contributed by atoms with van der Waals surface area (Å²) >= 11 is 1.24. The summed E-state index contributed by atoms with van der Waals surface area (Å²) in [6, 6.07) is 12.5. The van der Waals surface area contributed by atoms with Crippen molar-refractivity contribution < 1.29 is 33.3 Å². The maximum absolute atomic E-state index is 13.5. The fourth-order valence-corrected chi connectivity index (χ4v) is 5.26. The molecule has 4 aromatic rings. The Labute approximate surface area is 222 Å². The molecule has 0 aliphatic carbocycles. The Morgan fingerprint density at radius 3 is 2.76 bits per heavy atom. The molecular weight excluding hydrogens is 508 g/mol. The number of carbonyl (C=O) groups excluding carboxylic acids is 2. The van der Waals surface area contributed by atoms with Crippen LogP contribution in [0.4, 0.5) is 5.13 Å². The molecule has 5 rings (SSSR count). The molecule has 10 heteroatoms. The van der Waals surface area contributed by atoms with Crippen molar-refractivity contribution in [2.45, 2.75) is 13.0 Å². The number of amides is 1. The molecule has 0 bridgehead atoms. The third-order valence-corrected chi connectivity index (χ3v) is 6.95. The molecule has 0 saturated heterocycles. The number of thiazole rings is 1. The Morgan fingerprint density at radius 1 is 1.21 bits per heavy atom. The van der Waals surface area contributed by atoms with Gasteiger partial charge in [-0.25, -0.2) is 4.98 Å². The monoisotopic (exact) mass is 532 g/mol. The van der Waals surface area contributed by atoms with E-state index in [0.29, 0.717) is 40.1 Å². The highest BCUT2D eigenvalue weighted by Gasteiger charge is 2.46. The Morgan fingerprint density at radius 2 is 2.05 bits per heavy atom. The smallest absolute Gasteiger partial charge is 0.296 e. The van der Waals surface area contributed by atoms with Crippen LogP contribution in [-0.2, 0) is 4.79 Å². The number of Topliss-reactive ketones (excluding diaryl/α,β-unsaturated/α-hetero) is 1. The van der Waals surface area contributed by atoms with Crippen molar-refractivity contribution >= 4 is 38.4 Å². The van der Waals surface area contributed by atoms with E-state index in [1.54, 1.807) is 49.6 Å². The van der Waals surface area contributed by atoms with E-state index in [0.717, 1.165) is 4.70 Å². The van der Waals surface area contributed by atoms with Gasteiger partial charge in [-0.3, -0.25) is 14.5 Å². The van der Waals surface area contributed by atoms with Crippen LogP contribution in [0.1, 0.15) is 29.1 Å². The van der Waals surface area contributed by atoms with Crippen molar-refractivity contribution in [1.29, 1.82) is 0 Å². The number of fused-ring (bicyclic) bond motifs is 1. The lowest BCUT2D eigenvalue weighted by molar-refractivity contribution is -0.117. The van der Waals surface area contributed by atoms with Crippen molar-refractivity contribution in [2.24, 2.45) is 0 Å². The largest absolute Gasteiger partial charge is 0.503 e. The van der Waals surface area contributed by atoms with Crippen molar-refractivity contribution in [3.05, 3.63) is 90.1 Å². The molecular formula is C28H24N2O7S. The Kier molecular flexibility index (Phi) is 6.89. The number of ketones is 1. The van der Waals surface area contributed by atoms with Gasteiger partial charge in [0.1, 0.15) is 12.4 Å². The van der Waals surface area contributed by atoms with Gasteiger partial charge in [-0.15, -0.1) is 0 Å². The van der Waals surface area contributed by atoms with Crippen molar-refractivity contribution in [3.8, 4) is 17.2 Å². The second kappa shape index (κ2) is 10.4. The second-order valence-electron chi connectivity index (χ2n) is 8.22. The van der Waals surface area contributed by atoms with E-state index < -0.39 is 23.5 Å². The molecule has 0 fully saturated rings. The number of methoxy groups -OCH3 is 1. The van der Waals surface area contributed by atoms with Gasteiger partial charge in [0.05, 0.1) is 41.8 Å². The van der Waals surface area contributed by atoms with Gasteiger partial charge >= 0.3 is 0 Å². The first kappa shape index (κ1) is 25.1. The number of benzene rings is 2. The number of ether oxygens (including phenoxy) is 3. The molecule has 2 aromatic carbocycles. The highest BCUT2D eigenvalue weighted by molar-refractivity contribution is 7.22. The van der Waals surface area contributed by atoms with Crippen LogP contribution in [0.15, 0.2) is 83.2 Å². The van der Waals surface area contributed by atoms with Gasteiger partial charge in [-0.2, -0.15) is 0 Å². The SMILES string of the molecule is C=CCOc1ccc(C2C(C(=O)c3ccco3)=C(O)C(=O)N2c2nc3ccc(OC)cc3s2)cc1OCC. The average Bonchev–Trinajstić information content (AvgIpc) is 3.66.